The van der Waals surface area contributed by atoms with Gasteiger partial charge in [0, 0.05) is 20.0 Å². The molecule has 0 bridgehead atoms. The molecular formula is C11H22N2O2. The summed E-state index contributed by atoms with van der Waals surface area (Å²) in [5.74, 6) is 0.0244. The molecule has 0 aliphatic carbocycles. The number of nitrogens with zero attached hydrogens (tertiary/aromatic N) is 1. The predicted octanol–water partition coefficient (Wildman–Crippen LogP) is 1.16. The van der Waals surface area contributed by atoms with E-state index in [1.54, 1.807) is 11.9 Å². The fraction of sp³-hybridized carbons (Fsp3) is 0.818. The van der Waals surface area contributed by atoms with Gasteiger partial charge in [0.25, 0.3) is 0 Å². The zero-order valence-corrected chi connectivity index (χ0v) is 10.0. The van der Waals surface area contributed by atoms with Crippen LogP contribution in [0, 0.1) is 0 Å². The maximum absolute atomic E-state index is 11.4. The second-order valence-corrected chi connectivity index (χ2v) is 3.30. The molecule has 15 heavy (non-hydrogen) atoms. The Labute approximate surface area is 92.0 Å². The molecule has 4 heteroatoms. The molecule has 0 atom stereocenters. The van der Waals surface area contributed by atoms with Gasteiger partial charge in [-0.3, -0.25) is 9.59 Å². The summed E-state index contributed by atoms with van der Waals surface area (Å²) in [5, 5.41) is 2.52. The zero-order valence-electron chi connectivity index (χ0n) is 10.0. The molecule has 1 rings (SSSR count). The topological polar surface area (TPSA) is 49.4 Å². The summed E-state index contributed by atoms with van der Waals surface area (Å²) in [5.41, 5.74) is 0. The van der Waals surface area contributed by atoms with Crippen molar-refractivity contribution >= 4 is 11.8 Å². The molecule has 1 N–H and O–H groups in total. The lowest BCUT2D eigenvalue weighted by molar-refractivity contribution is -0.135. The minimum Gasteiger partial charge on any atom is -0.358 e. The Morgan fingerprint density at radius 2 is 2.00 bits per heavy atom. The van der Waals surface area contributed by atoms with Gasteiger partial charge in [0.2, 0.25) is 11.8 Å². The van der Waals surface area contributed by atoms with Crippen LogP contribution in [0.4, 0.5) is 0 Å². The second-order valence-electron chi connectivity index (χ2n) is 3.30. The number of hydrogen-bond donors (Lipinski definition) is 1. The molecule has 0 aromatic heterocycles. The molecule has 0 saturated carbocycles. The average Bonchev–Trinajstić information content (AvgIpc) is 2.47. The van der Waals surface area contributed by atoms with Gasteiger partial charge in [-0.1, -0.05) is 20.3 Å². The Hall–Kier alpha value is -1.06. The smallest absolute Gasteiger partial charge is 0.239 e. The first kappa shape index (κ1) is 13.9. The normalized spacial score (nSPS) is 16.2. The highest BCUT2D eigenvalue weighted by atomic mass is 16.2. The third-order valence-electron chi connectivity index (χ3n) is 2.28. The van der Waals surface area contributed by atoms with Crippen LogP contribution in [0.3, 0.4) is 0 Å². The molecular weight excluding hydrogens is 192 g/mol. The number of carbonyl (C=O) groups is 2. The van der Waals surface area contributed by atoms with E-state index in [0.29, 0.717) is 6.42 Å². The first-order valence-corrected chi connectivity index (χ1v) is 5.72. The third kappa shape index (κ3) is 5.40. The van der Waals surface area contributed by atoms with Gasteiger partial charge < -0.3 is 10.2 Å². The number of nitrogens with one attached hydrogen (secondary N) is 1. The zero-order chi connectivity index (χ0) is 11.7. The molecule has 0 radical (unpaired) electrons. The number of likely N-dealkylation sites (tertiary alicyclic amines) is 1. The molecule has 0 aromatic carbocycles. The Bertz CT molecular complexity index is 205. The lowest BCUT2D eigenvalue weighted by Crippen LogP contribution is -2.39. The van der Waals surface area contributed by atoms with E-state index in [1.807, 2.05) is 13.8 Å². The van der Waals surface area contributed by atoms with Gasteiger partial charge in [-0.2, -0.15) is 0 Å². The Morgan fingerprint density at radius 1 is 1.33 bits per heavy atom. The predicted molar refractivity (Wildman–Crippen MR) is 60.5 cm³/mol. The second kappa shape index (κ2) is 8.26. The summed E-state index contributed by atoms with van der Waals surface area (Å²) in [6.07, 6.45) is 3.67. The van der Waals surface area contributed by atoms with Crippen LogP contribution in [-0.4, -0.2) is 36.9 Å². The molecule has 88 valence electrons. The summed E-state index contributed by atoms with van der Waals surface area (Å²) >= 11 is 0. The summed E-state index contributed by atoms with van der Waals surface area (Å²) < 4.78 is 0. The van der Waals surface area contributed by atoms with Crippen LogP contribution in [-0.2, 0) is 9.59 Å². The molecule has 1 fully saturated rings. The molecule has 4 nitrogen and oxygen atoms in total. The Kier molecular flexibility index (Phi) is 7.68. The lowest BCUT2D eigenvalue weighted by atomic mass is 10.2. The summed E-state index contributed by atoms with van der Waals surface area (Å²) in [6, 6.07) is 0. The van der Waals surface area contributed by atoms with Gasteiger partial charge in [-0.05, 0) is 12.8 Å². The number of hydrogen-bond acceptors (Lipinski definition) is 2. The van der Waals surface area contributed by atoms with Crippen molar-refractivity contribution in [1.82, 2.24) is 10.2 Å². The van der Waals surface area contributed by atoms with Crippen molar-refractivity contribution in [2.24, 2.45) is 0 Å². The van der Waals surface area contributed by atoms with E-state index >= 15 is 0 Å². The third-order valence-corrected chi connectivity index (χ3v) is 2.28. The fourth-order valence-electron chi connectivity index (χ4n) is 1.46. The van der Waals surface area contributed by atoms with Crippen molar-refractivity contribution in [2.75, 3.05) is 20.1 Å². The highest BCUT2D eigenvalue weighted by Crippen LogP contribution is 2.10. The molecule has 1 heterocycles. The number of carbonyl (C=O) groups excluding carboxylic acids is 2. The van der Waals surface area contributed by atoms with Crippen LogP contribution in [0.15, 0.2) is 0 Å². The first-order chi connectivity index (χ1) is 7.24. The SMILES string of the molecule is CC.CNC(=O)CN1CCCCCC1=O. The van der Waals surface area contributed by atoms with E-state index in [4.69, 9.17) is 0 Å². The maximum atomic E-state index is 11.4. The molecule has 2 amide bonds. The average molecular weight is 214 g/mol. The quantitative estimate of drug-likeness (QED) is 0.750. The maximum Gasteiger partial charge on any atom is 0.239 e. The summed E-state index contributed by atoms with van der Waals surface area (Å²) in [6.45, 7) is 4.95. The summed E-state index contributed by atoms with van der Waals surface area (Å²) in [4.78, 5) is 24.1. The van der Waals surface area contributed by atoms with Crippen LogP contribution in [0.2, 0.25) is 0 Å². The van der Waals surface area contributed by atoms with Crippen LogP contribution in [0.25, 0.3) is 0 Å². The van der Waals surface area contributed by atoms with Crippen LogP contribution < -0.4 is 5.32 Å². The Morgan fingerprint density at radius 3 is 2.60 bits per heavy atom. The van der Waals surface area contributed by atoms with Gasteiger partial charge >= 0.3 is 0 Å². The molecule has 1 aliphatic heterocycles. The van der Waals surface area contributed by atoms with E-state index in [2.05, 4.69) is 5.32 Å². The standard InChI is InChI=1S/C9H16N2O2.C2H6/c1-10-8(12)7-11-6-4-2-3-5-9(11)13;1-2/h2-7H2,1H3,(H,10,12);1-2H3. The molecule has 0 spiro atoms. The van der Waals surface area contributed by atoms with Gasteiger partial charge in [0.15, 0.2) is 0 Å². The van der Waals surface area contributed by atoms with Crippen LogP contribution in [0.1, 0.15) is 39.5 Å². The van der Waals surface area contributed by atoms with Crippen molar-refractivity contribution in [3.8, 4) is 0 Å². The van der Waals surface area contributed by atoms with Gasteiger partial charge in [-0.15, -0.1) is 0 Å². The minimum absolute atomic E-state index is 0.0877. The fourth-order valence-corrected chi connectivity index (χ4v) is 1.46. The molecule has 1 saturated heterocycles. The highest BCUT2D eigenvalue weighted by Gasteiger charge is 2.18. The van der Waals surface area contributed by atoms with Gasteiger partial charge in [-0.25, -0.2) is 0 Å². The van der Waals surface area contributed by atoms with E-state index in [9.17, 15) is 9.59 Å². The molecule has 0 unspecified atom stereocenters. The van der Waals surface area contributed by atoms with Crippen molar-refractivity contribution in [3.05, 3.63) is 0 Å². The van der Waals surface area contributed by atoms with E-state index in [0.717, 1.165) is 25.8 Å². The molecule has 1 aliphatic rings. The molecule has 0 aromatic rings. The number of amides is 2. The van der Waals surface area contributed by atoms with Crippen molar-refractivity contribution in [3.63, 3.8) is 0 Å². The van der Waals surface area contributed by atoms with Crippen molar-refractivity contribution in [1.29, 1.82) is 0 Å². The van der Waals surface area contributed by atoms with Gasteiger partial charge in [0.1, 0.15) is 0 Å². The monoisotopic (exact) mass is 214 g/mol. The lowest BCUT2D eigenvalue weighted by Gasteiger charge is -2.18. The largest absolute Gasteiger partial charge is 0.358 e. The number of rotatable bonds is 2. The van der Waals surface area contributed by atoms with Crippen molar-refractivity contribution < 1.29 is 9.59 Å². The number of likely N-dealkylation sites (N-methyl/N-ethyl adjacent to an activating group) is 1. The van der Waals surface area contributed by atoms with E-state index < -0.39 is 0 Å². The van der Waals surface area contributed by atoms with E-state index in [1.165, 1.54) is 0 Å². The van der Waals surface area contributed by atoms with Gasteiger partial charge in [0.05, 0.1) is 6.54 Å². The van der Waals surface area contributed by atoms with E-state index in [-0.39, 0.29) is 18.4 Å². The van der Waals surface area contributed by atoms with Crippen molar-refractivity contribution in [2.45, 2.75) is 39.5 Å². The highest BCUT2D eigenvalue weighted by molar-refractivity contribution is 5.84. The first-order valence-electron chi connectivity index (χ1n) is 5.72. The summed E-state index contributed by atoms with van der Waals surface area (Å²) in [7, 11) is 1.59. The van der Waals surface area contributed by atoms with Crippen LogP contribution in [0.5, 0.6) is 0 Å². The van der Waals surface area contributed by atoms with Crippen LogP contribution >= 0.6 is 0 Å². The minimum atomic E-state index is -0.0877. The Balaban J connectivity index is 0.000000921.